The predicted molar refractivity (Wildman–Crippen MR) is 84.9 cm³/mol. The predicted octanol–water partition coefficient (Wildman–Crippen LogP) is 2.78. The van der Waals surface area contributed by atoms with Crippen molar-refractivity contribution in [3.63, 3.8) is 0 Å². The summed E-state index contributed by atoms with van der Waals surface area (Å²) in [7, 11) is 0. The minimum Gasteiger partial charge on any atom is -0.290 e. The van der Waals surface area contributed by atoms with Gasteiger partial charge in [0.25, 0.3) is 5.56 Å². The van der Waals surface area contributed by atoms with Gasteiger partial charge in [-0.25, -0.2) is 4.68 Å². The fourth-order valence-corrected chi connectivity index (χ4v) is 2.54. The van der Waals surface area contributed by atoms with Gasteiger partial charge >= 0.3 is 0 Å². The molecule has 0 atom stereocenters. The van der Waals surface area contributed by atoms with Gasteiger partial charge in [-0.1, -0.05) is 18.2 Å². The van der Waals surface area contributed by atoms with E-state index in [1.165, 1.54) is 4.68 Å². The number of aromatic nitrogens is 4. The molecule has 0 aliphatic carbocycles. The van der Waals surface area contributed by atoms with Gasteiger partial charge in [0.05, 0.1) is 16.6 Å². The van der Waals surface area contributed by atoms with E-state index in [0.717, 1.165) is 22.3 Å². The molecule has 0 radical (unpaired) electrons. The first-order valence-corrected chi connectivity index (χ1v) is 6.89. The van der Waals surface area contributed by atoms with E-state index < -0.39 is 0 Å². The number of fused-ring (bicyclic) bond motifs is 1. The van der Waals surface area contributed by atoms with Crippen LogP contribution in [-0.4, -0.2) is 19.7 Å². The summed E-state index contributed by atoms with van der Waals surface area (Å²) in [6, 6.07) is 13.3. The van der Waals surface area contributed by atoms with Crippen LogP contribution in [0.3, 0.4) is 0 Å². The topological polar surface area (TPSA) is 63.6 Å². The summed E-state index contributed by atoms with van der Waals surface area (Å²) in [5.41, 5.74) is 3.31. The second-order valence-electron chi connectivity index (χ2n) is 4.93. The standard InChI is InChI=1S/C17H12N4O/c22-17-15-11-19-10-14(12-6-8-18-9-7-12)16(15)20-21(17)13-4-2-1-3-5-13/h1-11,20H. The van der Waals surface area contributed by atoms with Crippen molar-refractivity contribution in [2.45, 2.75) is 0 Å². The Balaban J connectivity index is 2.01. The molecule has 106 valence electrons. The average Bonchev–Trinajstić information content (AvgIpc) is 2.94. The summed E-state index contributed by atoms with van der Waals surface area (Å²) >= 11 is 0. The van der Waals surface area contributed by atoms with E-state index in [0.29, 0.717) is 5.39 Å². The summed E-state index contributed by atoms with van der Waals surface area (Å²) in [5, 5.41) is 3.76. The van der Waals surface area contributed by atoms with Crippen molar-refractivity contribution in [1.82, 2.24) is 19.7 Å². The lowest BCUT2D eigenvalue weighted by Crippen LogP contribution is -2.13. The van der Waals surface area contributed by atoms with Crippen molar-refractivity contribution >= 4 is 10.9 Å². The first kappa shape index (κ1) is 12.5. The molecule has 0 aliphatic rings. The number of pyridine rings is 2. The zero-order valence-electron chi connectivity index (χ0n) is 11.6. The fraction of sp³-hybridized carbons (Fsp3) is 0. The number of aromatic amines is 1. The maximum atomic E-state index is 12.6. The Bertz CT molecular complexity index is 988. The Kier molecular flexibility index (Phi) is 2.83. The summed E-state index contributed by atoms with van der Waals surface area (Å²) in [5.74, 6) is 0. The van der Waals surface area contributed by atoms with Crippen LogP contribution in [0.25, 0.3) is 27.7 Å². The highest BCUT2D eigenvalue weighted by Gasteiger charge is 2.12. The molecule has 0 spiro atoms. The molecular formula is C17H12N4O. The van der Waals surface area contributed by atoms with Crippen LogP contribution in [0.5, 0.6) is 0 Å². The molecular weight excluding hydrogens is 276 g/mol. The summed E-state index contributed by atoms with van der Waals surface area (Å²) in [6.45, 7) is 0. The van der Waals surface area contributed by atoms with Crippen molar-refractivity contribution in [2.24, 2.45) is 0 Å². The van der Waals surface area contributed by atoms with Crippen LogP contribution in [0.2, 0.25) is 0 Å². The third-order valence-corrected chi connectivity index (χ3v) is 3.61. The fourth-order valence-electron chi connectivity index (χ4n) is 2.54. The van der Waals surface area contributed by atoms with Crippen molar-refractivity contribution in [3.8, 4) is 16.8 Å². The Morgan fingerprint density at radius 3 is 2.45 bits per heavy atom. The monoisotopic (exact) mass is 288 g/mol. The smallest absolute Gasteiger partial charge is 0.280 e. The van der Waals surface area contributed by atoms with Gasteiger partial charge in [0.2, 0.25) is 0 Å². The first-order valence-electron chi connectivity index (χ1n) is 6.89. The lowest BCUT2D eigenvalue weighted by molar-refractivity contribution is 0.864. The second kappa shape index (κ2) is 4.96. The molecule has 0 saturated carbocycles. The molecule has 5 heteroatoms. The summed E-state index contributed by atoms with van der Waals surface area (Å²) in [4.78, 5) is 20.8. The molecule has 0 unspecified atom stereocenters. The Hall–Kier alpha value is -3.21. The highest BCUT2D eigenvalue weighted by molar-refractivity contribution is 5.92. The molecule has 0 fully saturated rings. The van der Waals surface area contributed by atoms with Crippen molar-refractivity contribution in [2.75, 3.05) is 0 Å². The van der Waals surface area contributed by atoms with E-state index in [2.05, 4.69) is 15.1 Å². The second-order valence-corrected chi connectivity index (χ2v) is 4.93. The SMILES string of the molecule is O=c1c2cncc(-c3ccncc3)c2[nH]n1-c1ccccc1. The number of H-pyrrole nitrogens is 1. The average molecular weight is 288 g/mol. The van der Waals surface area contributed by atoms with Crippen molar-refractivity contribution < 1.29 is 0 Å². The Morgan fingerprint density at radius 2 is 1.68 bits per heavy atom. The van der Waals surface area contributed by atoms with Gasteiger partial charge in [-0.15, -0.1) is 0 Å². The normalized spacial score (nSPS) is 10.9. The minimum absolute atomic E-state index is 0.107. The van der Waals surface area contributed by atoms with Crippen LogP contribution in [0.15, 0.2) is 72.0 Å². The number of benzene rings is 1. The molecule has 0 saturated heterocycles. The van der Waals surface area contributed by atoms with Crippen LogP contribution in [0, 0.1) is 0 Å². The number of hydrogen-bond donors (Lipinski definition) is 1. The summed E-state index contributed by atoms with van der Waals surface area (Å²) < 4.78 is 1.54. The van der Waals surface area contributed by atoms with E-state index >= 15 is 0 Å². The van der Waals surface area contributed by atoms with Crippen LogP contribution in [-0.2, 0) is 0 Å². The van der Waals surface area contributed by atoms with Crippen LogP contribution >= 0.6 is 0 Å². The molecule has 0 aliphatic heterocycles. The van der Waals surface area contributed by atoms with Gasteiger partial charge < -0.3 is 0 Å². The third-order valence-electron chi connectivity index (χ3n) is 3.61. The van der Waals surface area contributed by atoms with E-state index in [1.54, 1.807) is 24.8 Å². The zero-order valence-corrected chi connectivity index (χ0v) is 11.6. The van der Waals surface area contributed by atoms with Gasteiger partial charge in [-0.3, -0.25) is 19.9 Å². The van der Waals surface area contributed by atoms with Gasteiger partial charge in [-0.05, 0) is 29.8 Å². The van der Waals surface area contributed by atoms with E-state index in [-0.39, 0.29) is 5.56 Å². The Morgan fingerprint density at radius 1 is 0.909 bits per heavy atom. The third kappa shape index (κ3) is 1.91. The van der Waals surface area contributed by atoms with E-state index in [1.807, 2.05) is 42.5 Å². The zero-order chi connectivity index (χ0) is 14.9. The van der Waals surface area contributed by atoms with E-state index in [9.17, 15) is 4.79 Å². The van der Waals surface area contributed by atoms with Crippen LogP contribution in [0.4, 0.5) is 0 Å². The molecule has 0 amide bonds. The molecule has 5 nitrogen and oxygen atoms in total. The van der Waals surface area contributed by atoms with Gasteiger partial charge in [0, 0.05) is 30.4 Å². The van der Waals surface area contributed by atoms with Crippen molar-refractivity contribution in [3.05, 3.63) is 77.6 Å². The molecule has 22 heavy (non-hydrogen) atoms. The number of para-hydroxylation sites is 1. The molecule has 3 aromatic heterocycles. The van der Waals surface area contributed by atoms with Gasteiger partial charge in [0.15, 0.2) is 0 Å². The number of hydrogen-bond acceptors (Lipinski definition) is 3. The lowest BCUT2D eigenvalue weighted by atomic mass is 10.1. The van der Waals surface area contributed by atoms with Gasteiger partial charge in [-0.2, -0.15) is 0 Å². The minimum atomic E-state index is -0.107. The molecule has 3 heterocycles. The molecule has 1 aromatic carbocycles. The van der Waals surface area contributed by atoms with Gasteiger partial charge in [0.1, 0.15) is 0 Å². The number of nitrogens with zero attached hydrogens (tertiary/aromatic N) is 3. The first-order chi connectivity index (χ1) is 10.8. The van der Waals surface area contributed by atoms with Crippen molar-refractivity contribution in [1.29, 1.82) is 0 Å². The van der Waals surface area contributed by atoms with Crippen LogP contribution in [0.1, 0.15) is 0 Å². The molecule has 4 aromatic rings. The van der Waals surface area contributed by atoms with Crippen LogP contribution < -0.4 is 5.56 Å². The molecule has 0 bridgehead atoms. The largest absolute Gasteiger partial charge is 0.290 e. The highest BCUT2D eigenvalue weighted by atomic mass is 16.1. The Labute approximate surface area is 125 Å². The maximum Gasteiger partial charge on any atom is 0.280 e. The highest BCUT2D eigenvalue weighted by Crippen LogP contribution is 2.24. The quantitative estimate of drug-likeness (QED) is 0.617. The lowest BCUT2D eigenvalue weighted by Gasteiger charge is -2.02. The number of rotatable bonds is 2. The number of nitrogens with one attached hydrogen (secondary N) is 1. The van der Waals surface area contributed by atoms with E-state index in [4.69, 9.17) is 0 Å². The maximum absolute atomic E-state index is 12.6. The summed E-state index contributed by atoms with van der Waals surface area (Å²) in [6.07, 6.45) is 6.79. The molecule has 1 N–H and O–H groups in total. The molecule has 4 rings (SSSR count).